The van der Waals surface area contributed by atoms with Crippen LogP contribution in [0.2, 0.25) is 0 Å². The molecule has 4 aromatic heterocycles. The molecule has 2 aliphatic rings. The number of nitrogens with one attached hydrogen (secondary N) is 2. The number of carbonyl (C=O) groups is 1. The number of hydrogen-bond donors (Lipinski definition) is 2. The first-order valence-electron chi connectivity index (χ1n) is 10.9. The molecule has 1 aliphatic heterocycles. The van der Waals surface area contributed by atoms with Crippen molar-refractivity contribution in [2.45, 2.75) is 38.3 Å². The van der Waals surface area contributed by atoms with Gasteiger partial charge in [-0.25, -0.2) is 9.97 Å². The third-order valence-electron chi connectivity index (χ3n) is 6.28. The number of rotatable bonds is 6. The van der Waals surface area contributed by atoms with Gasteiger partial charge in [-0.2, -0.15) is 5.10 Å². The Morgan fingerprint density at radius 1 is 1.19 bits per heavy atom. The lowest BCUT2D eigenvalue weighted by Crippen LogP contribution is -2.26. The molecule has 9 heteroatoms. The molecule has 32 heavy (non-hydrogen) atoms. The van der Waals surface area contributed by atoms with Crippen molar-refractivity contribution >= 4 is 16.9 Å². The van der Waals surface area contributed by atoms with Crippen LogP contribution in [-0.2, 0) is 4.79 Å². The first kappa shape index (κ1) is 19.0. The first-order chi connectivity index (χ1) is 15.7. The molecule has 1 unspecified atom stereocenters. The van der Waals surface area contributed by atoms with E-state index in [1.165, 1.54) is 0 Å². The quantitative estimate of drug-likeness (QED) is 0.487. The molecule has 9 nitrogen and oxygen atoms in total. The lowest BCUT2D eigenvalue weighted by atomic mass is 10.0. The molecule has 2 N–H and O–H groups in total. The number of amides is 1. The van der Waals surface area contributed by atoms with Crippen LogP contribution in [0.1, 0.15) is 32.2 Å². The van der Waals surface area contributed by atoms with Crippen LogP contribution < -0.4 is 10.1 Å². The van der Waals surface area contributed by atoms with Crippen LogP contribution in [0, 0.1) is 5.92 Å². The van der Waals surface area contributed by atoms with E-state index in [1.54, 1.807) is 12.4 Å². The van der Waals surface area contributed by atoms with E-state index in [-0.39, 0.29) is 17.9 Å². The minimum Gasteiger partial charge on any atom is -0.473 e. The summed E-state index contributed by atoms with van der Waals surface area (Å²) < 4.78 is 8.58. The van der Waals surface area contributed by atoms with Crippen molar-refractivity contribution in [1.82, 2.24) is 35.0 Å². The van der Waals surface area contributed by atoms with E-state index in [0.29, 0.717) is 24.9 Å². The van der Waals surface area contributed by atoms with Gasteiger partial charge in [-0.05, 0) is 38.0 Å². The highest BCUT2D eigenvalue weighted by atomic mass is 16.5. The van der Waals surface area contributed by atoms with E-state index in [0.717, 1.165) is 46.4 Å². The summed E-state index contributed by atoms with van der Waals surface area (Å²) >= 11 is 0. The lowest BCUT2D eigenvalue weighted by molar-refractivity contribution is -0.119. The Bertz CT molecular complexity index is 1290. The maximum atomic E-state index is 11.7. The monoisotopic (exact) mass is 429 g/mol. The van der Waals surface area contributed by atoms with E-state index in [1.807, 2.05) is 37.6 Å². The summed E-state index contributed by atoms with van der Waals surface area (Å²) in [4.78, 5) is 25.7. The van der Waals surface area contributed by atoms with Crippen molar-refractivity contribution in [3.05, 3.63) is 43.1 Å². The standard InChI is InChI=1S/C23H23N7O2/c1-13(15-7-21(31)25-9-15)32-23-22-20(26-12-30(22)17-2-3-17)8-19(29-23)14-4-5-24-18(6-14)16-10-27-28-11-16/h4-6,8,10-13,15,17H,2-3,7,9H2,1H3,(H,25,31)(H,27,28)/t13-,15?/m1/s1. The molecule has 1 aliphatic carbocycles. The highest BCUT2D eigenvalue weighted by molar-refractivity contribution is 5.85. The van der Waals surface area contributed by atoms with Gasteiger partial charge in [-0.15, -0.1) is 0 Å². The number of imidazole rings is 1. The molecule has 2 fully saturated rings. The molecular weight excluding hydrogens is 406 g/mol. The summed E-state index contributed by atoms with van der Waals surface area (Å²) in [7, 11) is 0. The van der Waals surface area contributed by atoms with Crippen molar-refractivity contribution in [2.24, 2.45) is 5.92 Å². The SMILES string of the molecule is C[C@@H](Oc1nc(-c2ccnc(-c3cn[nH]c3)c2)cc2ncn(C3CC3)c12)C1CNC(=O)C1. The van der Waals surface area contributed by atoms with Gasteiger partial charge in [0.05, 0.1) is 29.4 Å². The summed E-state index contributed by atoms with van der Waals surface area (Å²) in [5, 5.41) is 9.73. The molecule has 5 heterocycles. The molecule has 1 amide bonds. The molecule has 0 radical (unpaired) electrons. The van der Waals surface area contributed by atoms with Gasteiger partial charge in [0.1, 0.15) is 11.6 Å². The predicted molar refractivity (Wildman–Crippen MR) is 118 cm³/mol. The van der Waals surface area contributed by atoms with Crippen molar-refractivity contribution in [1.29, 1.82) is 0 Å². The second-order valence-electron chi connectivity index (χ2n) is 8.57. The van der Waals surface area contributed by atoms with Gasteiger partial charge in [-0.3, -0.25) is 14.9 Å². The lowest BCUT2D eigenvalue weighted by Gasteiger charge is -2.20. The Hall–Kier alpha value is -3.75. The third-order valence-corrected chi connectivity index (χ3v) is 6.28. The molecule has 0 bridgehead atoms. The van der Waals surface area contributed by atoms with Gasteiger partial charge in [0.15, 0.2) is 0 Å². The number of fused-ring (bicyclic) bond motifs is 1. The van der Waals surface area contributed by atoms with Crippen LogP contribution in [-0.4, -0.2) is 48.3 Å². The van der Waals surface area contributed by atoms with E-state index in [2.05, 4.69) is 30.0 Å². The zero-order valence-electron chi connectivity index (χ0n) is 17.7. The molecule has 6 rings (SSSR count). The maximum Gasteiger partial charge on any atom is 0.241 e. The van der Waals surface area contributed by atoms with Crippen molar-refractivity contribution < 1.29 is 9.53 Å². The number of pyridine rings is 2. The van der Waals surface area contributed by atoms with Crippen LogP contribution >= 0.6 is 0 Å². The highest BCUT2D eigenvalue weighted by Gasteiger charge is 2.31. The van der Waals surface area contributed by atoms with Crippen LogP contribution in [0.5, 0.6) is 5.88 Å². The summed E-state index contributed by atoms with van der Waals surface area (Å²) in [5.41, 5.74) is 5.20. The number of nitrogens with zero attached hydrogens (tertiary/aromatic N) is 5. The van der Waals surface area contributed by atoms with Gasteiger partial charge >= 0.3 is 0 Å². The predicted octanol–water partition coefficient (Wildman–Crippen LogP) is 3.12. The van der Waals surface area contributed by atoms with E-state index < -0.39 is 0 Å². The zero-order chi connectivity index (χ0) is 21.7. The van der Waals surface area contributed by atoms with Crippen molar-refractivity contribution in [3.63, 3.8) is 0 Å². The molecule has 0 spiro atoms. The fraction of sp³-hybridized carbons (Fsp3) is 0.348. The van der Waals surface area contributed by atoms with Gasteiger partial charge < -0.3 is 14.6 Å². The topological polar surface area (TPSA) is 111 Å². The summed E-state index contributed by atoms with van der Waals surface area (Å²) in [6.45, 7) is 2.63. The minimum absolute atomic E-state index is 0.0730. The second-order valence-corrected chi connectivity index (χ2v) is 8.57. The van der Waals surface area contributed by atoms with Gasteiger partial charge in [0.2, 0.25) is 11.8 Å². The second kappa shape index (κ2) is 7.44. The highest BCUT2D eigenvalue weighted by Crippen LogP contribution is 2.40. The molecule has 1 saturated heterocycles. The average molecular weight is 429 g/mol. The Morgan fingerprint density at radius 2 is 2.09 bits per heavy atom. The van der Waals surface area contributed by atoms with Crippen molar-refractivity contribution in [2.75, 3.05) is 6.54 Å². The van der Waals surface area contributed by atoms with E-state index >= 15 is 0 Å². The fourth-order valence-electron chi connectivity index (χ4n) is 4.26. The summed E-state index contributed by atoms with van der Waals surface area (Å²) in [5.74, 6) is 0.758. The Kier molecular flexibility index (Phi) is 4.41. The molecular formula is C23H23N7O2. The van der Waals surface area contributed by atoms with Gasteiger partial charge in [0.25, 0.3) is 0 Å². The smallest absolute Gasteiger partial charge is 0.241 e. The van der Waals surface area contributed by atoms with Crippen LogP contribution in [0.4, 0.5) is 0 Å². The number of aromatic nitrogens is 6. The van der Waals surface area contributed by atoms with Gasteiger partial charge in [0, 0.05) is 48.4 Å². The van der Waals surface area contributed by atoms with Crippen LogP contribution in [0.25, 0.3) is 33.5 Å². The largest absolute Gasteiger partial charge is 0.473 e. The Balaban J connectivity index is 1.42. The number of ether oxygens (including phenoxy) is 1. The Morgan fingerprint density at radius 3 is 2.84 bits per heavy atom. The van der Waals surface area contributed by atoms with E-state index in [9.17, 15) is 4.79 Å². The molecule has 0 aromatic carbocycles. The number of carbonyl (C=O) groups excluding carboxylic acids is 1. The number of aromatic amines is 1. The molecule has 4 aromatic rings. The van der Waals surface area contributed by atoms with E-state index in [4.69, 9.17) is 9.72 Å². The molecule has 1 saturated carbocycles. The number of hydrogen-bond acceptors (Lipinski definition) is 6. The third kappa shape index (κ3) is 3.39. The normalized spacial score (nSPS) is 19.3. The van der Waals surface area contributed by atoms with Gasteiger partial charge in [-0.1, -0.05) is 0 Å². The average Bonchev–Trinajstić information content (AvgIpc) is 3.20. The van der Waals surface area contributed by atoms with Crippen LogP contribution in [0.3, 0.4) is 0 Å². The fourth-order valence-corrected chi connectivity index (χ4v) is 4.26. The summed E-state index contributed by atoms with van der Waals surface area (Å²) in [6.07, 6.45) is 9.82. The summed E-state index contributed by atoms with van der Waals surface area (Å²) in [6, 6.07) is 6.38. The first-order valence-corrected chi connectivity index (χ1v) is 10.9. The Labute approximate surface area is 184 Å². The zero-order valence-corrected chi connectivity index (χ0v) is 17.7. The minimum atomic E-state index is -0.151. The van der Waals surface area contributed by atoms with Crippen molar-refractivity contribution in [3.8, 4) is 28.4 Å². The molecule has 162 valence electrons. The molecule has 2 atom stereocenters. The number of H-pyrrole nitrogens is 1. The maximum absolute atomic E-state index is 11.7. The van der Waals surface area contributed by atoms with Crippen LogP contribution in [0.15, 0.2) is 43.1 Å².